The number of fused-ring (bicyclic) bond motifs is 1. The van der Waals surface area contributed by atoms with Crippen molar-refractivity contribution in [3.8, 4) is 5.69 Å². The Labute approximate surface area is 165 Å². The van der Waals surface area contributed by atoms with Crippen LogP contribution >= 0.6 is 15.9 Å². The second-order valence-corrected chi connectivity index (χ2v) is 7.35. The molecule has 0 atom stereocenters. The first kappa shape index (κ1) is 17.5. The van der Waals surface area contributed by atoms with Gasteiger partial charge in [-0.25, -0.2) is 4.68 Å². The predicted octanol–water partition coefficient (Wildman–Crippen LogP) is 5.45. The fourth-order valence-corrected chi connectivity index (χ4v) is 3.56. The standard InChI is InChI=1S/C22H18BrN3O/c1-14-7-9-16(10-8-14)26-22(27)19(15(2)25-26)13-24-21-12-11-20(23)17-5-3-4-6-18(17)21/h3-13,25H,1-2H3. The highest BCUT2D eigenvalue weighted by molar-refractivity contribution is 9.10. The first-order chi connectivity index (χ1) is 13.0. The Kier molecular flexibility index (Phi) is 4.54. The number of hydrogen-bond acceptors (Lipinski definition) is 2. The number of H-pyrrole nitrogens is 1. The maximum atomic E-state index is 12.8. The number of benzene rings is 3. The number of aryl methyl sites for hydroxylation is 2. The lowest BCUT2D eigenvalue weighted by Gasteiger charge is -2.03. The van der Waals surface area contributed by atoms with E-state index >= 15 is 0 Å². The molecule has 0 saturated carbocycles. The molecule has 3 aromatic carbocycles. The van der Waals surface area contributed by atoms with Gasteiger partial charge in [-0.15, -0.1) is 0 Å². The zero-order chi connectivity index (χ0) is 19.0. The van der Waals surface area contributed by atoms with E-state index in [2.05, 4.69) is 26.0 Å². The smallest absolute Gasteiger partial charge is 0.280 e. The van der Waals surface area contributed by atoms with Crippen LogP contribution in [-0.2, 0) is 0 Å². The molecule has 0 aliphatic rings. The third kappa shape index (κ3) is 3.26. The second-order valence-electron chi connectivity index (χ2n) is 6.50. The minimum Gasteiger partial charge on any atom is -0.295 e. The van der Waals surface area contributed by atoms with Crippen molar-refractivity contribution in [2.45, 2.75) is 13.8 Å². The van der Waals surface area contributed by atoms with Crippen molar-refractivity contribution in [3.63, 3.8) is 0 Å². The summed E-state index contributed by atoms with van der Waals surface area (Å²) >= 11 is 3.57. The molecule has 0 fully saturated rings. The fraction of sp³-hybridized carbons (Fsp3) is 0.0909. The Bertz CT molecular complexity index is 1220. The summed E-state index contributed by atoms with van der Waals surface area (Å²) in [5, 5.41) is 5.27. The third-order valence-electron chi connectivity index (χ3n) is 4.59. The van der Waals surface area contributed by atoms with E-state index in [1.807, 2.05) is 74.5 Å². The second kappa shape index (κ2) is 7.00. The molecule has 0 aliphatic carbocycles. The molecule has 0 aliphatic heterocycles. The molecule has 0 unspecified atom stereocenters. The molecule has 4 rings (SSSR count). The average molecular weight is 420 g/mol. The molecule has 0 spiro atoms. The van der Waals surface area contributed by atoms with Crippen LogP contribution in [0.25, 0.3) is 16.5 Å². The summed E-state index contributed by atoms with van der Waals surface area (Å²) in [6, 6.07) is 19.8. The first-order valence-corrected chi connectivity index (χ1v) is 9.44. The van der Waals surface area contributed by atoms with Gasteiger partial charge in [0.25, 0.3) is 5.56 Å². The molecule has 4 nitrogen and oxygen atoms in total. The van der Waals surface area contributed by atoms with Crippen molar-refractivity contribution < 1.29 is 0 Å². The van der Waals surface area contributed by atoms with Gasteiger partial charge in [0, 0.05) is 21.8 Å². The van der Waals surface area contributed by atoms with E-state index in [0.29, 0.717) is 5.56 Å². The topological polar surface area (TPSA) is 50.1 Å². The zero-order valence-corrected chi connectivity index (χ0v) is 16.6. The number of nitrogens with zero attached hydrogens (tertiary/aromatic N) is 2. The number of aliphatic imine (C=N–C) groups is 1. The van der Waals surface area contributed by atoms with Gasteiger partial charge in [-0.1, -0.05) is 57.9 Å². The van der Waals surface area contributed by atoms with Crippen molar-refractivity contribution in [3.05, 3.63) is 92.3 Å². The van der Waals surface area contributed by atoms with Gasteiger partial charge in [-0.2, -0.15) is 0 Å². The van der Waals surface area contributed by atoms with E-state index in [9.17, 15) is 4.79 Å². The van der Waals surface area contributed by atoms with Gasteiger partial charge < -0.3 is 0 Å². The molecule has 134 valence electrons. The molecule has 1 heterocycles. The van der Waals surface area contributed by atoms with Gasteiger partial charge in [0.15, 0.2) is 0 Å². The molecule has 0 saturated heterocycles. The molecule has 1 aromatic heterocycles. The summed E-state index contributed by atoms with van der Waals surface area (Å²) in [5.74, 6) is 0. The van der Waals surface area contributed by atoms with Crippen LogP contribution in [0.5, 0.6) is 0 Å². The highest BCUT2D eigenvalue weighted by Crippen LogP contribution is 2.31. The van der Waals surface area contributed by atoms with Crippen molar-refractivity contribution >= 4 is 38.6 Å². The largest absolute Gasteiger partial charge is 0.295 e. The highest BCUT2D eigenvalue weighted by Gasteiger charge is 2.11. The van der Waals surface area contributed by atoms with E-state index in [4.69, 9.17) is 0 Å². The number of nitrogens with one attached hydrogen (secondary N) is 1. The Hall–Kier alpha value is -2.92. The van der Waals surface area contributed by atoms with Gasteiger partial charge in [0.1, 0.15) is 0 Å². The number of hydrogen-bond donors (Lipinski definition) is 1. The van der Waals surface area contributed by atoms with E-state index < -0.39 is 0 Å². The number of aromatic amines is 1. The lowest BCUT2D eigenvalue weighted by atomic mass is 10.1. The fourth-order valence-electron chi connectivity index (χ4n) is 3.08. The Balaban J connectivity index is 1.77. The van der Waals surface area contributed by atoms with Crippen molar-refractivity contribution in [2.24, 2.45) is 4.99 Å². The van der Waals surface area contributed by atoms with Crippen LogP contribution in [-0.4, -0.2) is 16.0 Å². The molecular weight excluding hydrogens is 402 g/mol. The summed E-state index contributed by atoms with van der Waals surface area (Å²) in [5.41, 5.74) is 4.02. The van der Waals surface area contributed by atoms with Crippen molar-refractivity contribution in [1.82, 2.24) is 9.78 Å². The number of rotatable bonds is 3. The zero-order valence-electron chi connectivity index (χ0n) is 15.0. The van der Waals surface area contributed by atoms with Crippen LogP contribution in [0.15, 0.2) is 74.9 Å². The van der Waals surface area contributed by atoms with Crippen LogP contribution in [0.3, 0.4) is 0 Å². The van der Waals surface area contributed by atoms with Crippen molar-refractivity contribution in [1.29, 1.82) is 0 Å². The van der Waals surface area contributed by atoms with Crippen LogP contribution in [0.1, 0.15) is 16.8 Å². The molecule has 0 radical (unpaired) electrons. The van der Waals surface area contributed by atoms with Gasteiger partial charge in [0.05, 0.1) is 16.9 Å². The molecule has 4 aromatic rings. The summed E-state index contributed by atoms with van der Waals surface area (Å²) in [6.45, 7) is 3.90. The SMILES string of the molecule is Cc1ccc(-n2[nH]c(C)c(C=Nc3ccc(Br)c4ccccc34)c2=O)cc1. The molecule has 1 N–H and O–H groups in total. The maximum absolute atomic E-state index is 12.8. The Morgan fingerprint density at radius 2 is 1.67 bits per heavy atom. The molecule has 27 heavy (non-hydrogen) atoms. The quantitative estimate of drug-likeness (QED) is 0.441. The number of aromatic nitrogens is 2. The molecule has 0 amide bonds. The van der Waals surface area contributed by atoms with Gasteiger partial charge in [-0.3, -0.25) is 14.9 Å². The van der Waals surface area contributed by atoms with Crippen LogP contribution in [0.2, 0.25) is 0 Å². The summed E-state index contributed by atoms with van der Waals surface area (Å²) in [6.07, 6.45) is 1.65. The first-order valence-electron chi connectivity index (χ1n) is 8.64. The summed E-state index contributed by atoms with van der Waals surface area (Å²) in [7, 11) is 0. The summed E-state index contributed by atoms with van der Waals surface area (Å²) in [4.78, 5) is 17.5. The minimum atomic E-state index is -0.110. The monoisotopic (exact) mass is 419 g/mol. The summed E-state index contributed by atoms with van der Waals surface area (Å²) < 4.78 is 2.58. The number of halogens is 1. The van der Waals surface area contributed by atoms with Gasteiger partial charge in [-0.05, 0) is 43.5 Å². The van der Waals surface area contributed by atoms with Gasteiger partial charge >= 0.3 is 0 Å². The molecule has 5 heteroatoms. The lowest BCUT2D eigenvalue weighted by Crippen LogP contribution is -2.17. The van der Waals surface area contributed by atoms with Crippen LogP contribution < -0.4 is 5.56 Å². The van der Waals surface area contributed by atoms with E-state index in [-0.39, 0.29) is 5.56 Å². The van der Waals surface area contributed by atoms with Crippen LogP contribution in [0.4, 0.5) is 5.69 Å². The van der Waals surface area contributed by atoms with E-state index in [1.165, 1.54) is 0 Å². The predicted molar refractivity (Wildman–Crippen MR) is 115 cm³/mol. The molecule has 0 bridgehead atoms. The average Bonchev–Trinajstić information content (AvgIpc) is 2.96. The van der Waals surface area contributed by atoms with E-state index in [1.54, 1.807) is 10.9 Å². The van der Waals surface area contributed by atoms with E-state index in [0.717, 1.165) is 37.9 Å². The minimum absolute atomic E-state index is 0.110. The normalized spacial score (nSPS) is 11.5. The third-order valence-corrected chi connectivity index (χ3v) is 5.28. The lowest BCUT2D eigenvalue weighted by molar-refractivity contribution is 0.835. The Morgan fingerprint density at radius 1 is 0.963 bits per heavy atom. The Morgan fingerprint density at radius 3 is 2.41 bits per heavy atom. The van der Waals surface area contributed by atoms with Crippen molar-refractivity contribution in [2.75, 3.05) is 0 Å². The highest BCUT2D eigenvalue weighted by atomic mass is 79.9. The van der Waals surface area contributed by atoms with Gasteiger partial charge in [0.2, 0.25) is 0 Å². The van der Waals surface area contributed by atoms with Crippen LogP contribution in [0, 0.1) is 13.8 Å². The molecular formula is C22H18BrN3O. The maximum Gasteiger partial charge on any atom is 0.280 e.